The Morgan fingerprint density at radius 3 is 2.00 bits per heavy atom. The molecule has 1 saturated heterocycles. The highest BCUT2D eigenvalue weighted by molar-refractivity contribution is 6.48. The van der Waals surface area contributed by atoms with Crippen LogP contribution in [0, 0.1) is 17.7 Å². The summed E-state index contributed by atoms with van der Waals surface area (Å²) in [6, 6.07) is 4.23. The number of carbonyl (C=O) groups is 4. The summed E-state index contributed by atoms with van der Waals surface area (Å²) in [7, 11) is 1.73. The van der Waals surface area contributed by atoms with Crippen molar-refractivity contribution in [1.82, 2.24) is 20.4 Å². The van der Waals surface area contributed by atoms with Crippen molar-refractivity contribution < 1.29 is 32.3 Å². The lowest BCUT2D eigenvalue weighted by molar-refractivity contribution is -0.159. The minimum atomic E-state index is -3.62. The molecule has 9 nitrogen and oxygen atoms in total. The molecule has 13 heteroatoms. The van der Waals surface area contributed by atoms with Gasteiger partial charge in [-0.1, -0.05) is 65.0 Å². The van der Waals surface area contributed by atoms with Crippen LogP contribution in [0.25, 0.3) is 0 Å². The average molecular weight is 706 g/mol. The predicted octanol–water partition coefficient (Wildman–Crippen LogP) is 5.29. The largest absolute Gasteiger partial charge is 0.341 e. The Balaban J connectivity index is 1.60. The SMILES string of the molecule is CCC(=O)N[C@](C)(C(=O)N1CCN(C)CC1)[C@@H](C)c1ccc(NC(=O)[C@@](NC(=O)C(F)(F)C2CCCCC2)([Si]C)C2CCCCC2)c(F)c1. The fourth-order valence-corrected chi connectivity index (χ4v) is 8.92. The normalized spacial score (nSPS) is 21.6. The van der Waals surface area contributed by atoms with Gasteiger partial charge in [0, 0.05) is 44.4 Å². The molecule has 3 aliphatic rings. The summed E-state index contributed by atoms with van der Waals surface area (Å²) < 4.78 is 47.0. The van der Waals surface area contributed by atoms with Crippen LogP contribution in [0.5, 0.6) is 0 Å². The van der Waals surface area contributed by atoms with Gasteiger partial charge in [-0.05, 0) is 63.3 Å². The number of nitrogens with zero attached hydrogens (tertiary/aromatic N) is 2. The molecule has 4 amide bonds. The lowest BCUT2D eigenvalue weighted by Crippen LogP contribution is -2.67. The van der Waals surface area contributed by atoms with Gasteiger partial charge in [0.2, 0.25) is 17.7 Å². The number of hydrogen-bond donors (Lipinski definition) is 3. The summed E-state index contributed by atoms with van der Waals surface area (Å²) in [5.41, 5.74) is -1.08. The number of alkyl halides is 2. The number of halogens is 3. The van der Waals surface area contributed by atoms with Gasteiger partial charge in [0.1, 0.15) is 16.5 Å². The number of rotatable bonds is 12. The first-order valence-corrected chi connectivity index (χ1v) is 19.5. The third kappa shape index (κ3) is 8.52. The number of likely N-dealkylation sites (N-methyl/N-ethyl adjacent to an activating group) is 1. The molecule has 1 heterocycles. The van der Waals surface area contributed by atoms with Gasteiger partial charge >= 0.3 is 5.92 Å². The second kappa shape index (κ2) is 16.4. The van der Waals surface area contributed by atoms with Gasteiger partial charge in [-0.25, -0.2) is 4.39 Å². The van der Waals surface area contributed by atoms with Crippen molar-refractivity contribution >= 4 is 38.8 Å². The van der Waals surface area contributed by atoms with E-state index in [1.54, 1.807) is 38.3 Å². The molecular formula is C36H54F3N5O4Si. The van der Waals surface area contributed by atoms with Gasteiger partial charge in [-0.2, -0.15) is 8.78 Å². The van der Waals surface area contributed by atoms with E-state index in [4.69, 9.17) is 0 Å². The van der Waals surface area contributed by atoms with E-state index in [2.05, 4.69) is 20.9 Å². The molecule has 272 valence electrons. The van der Waals surface area contributed by atoms with Crippen LogP contribution >= 0.6 is 0 Å². The molecule has 0 aromatic heterocycles. The monoisotopic (exact) mass is 705 g/mol. The highest BCUT2D eigenvalue weighted by Gasteiger charge is 2.53. The molecule has 2 radical (unpaired) electrons. The Kier molecular flexibility index (Phi) is 13.0. The van der Waals surface area contributed by atoms with Gasteiger partial charge < -0.3 is 25.8 Å². The maximum Gasteiger partial charge on any atom is 0.327 e. The van der Waals surface area contributed by atoms with Gasteiger partial charge in [0.15, 0.2) is 0 Å². The van der Waals surface area contributed by atoms with Crippen LogP contribution in [0.3, 0.4) is 0 Å². The topological polar surface area (TPSA) is 111 Å². The number of carbonyl (C=O) groups excluding carboxylic acids is 4. The van der Waals surface area contributed by atoms with Crippen LogP contribution in [0.4, 0.5) is 18.9 Å². The second-order valence-corrected chi connectivity index (χ2v) is 15.7. The molecule has 4 rings (SSSR count). The summed E-state index contributed by atoms with van der Waals surface area (Å²) in [6.45, 7) is 9.22. The lowest BCUT2D eigenvalue weighted by atomic mass is 9.80. The van der Waals surface area contributed by atoms with Crippen LogP contribution in [0.2, 0.25) is 6.55 Å². The summed E-state index contributed by atoms with van der Waals surface area (Å²) in [4.78, 5) is 57.8. The van der Waals surface area contributed by atoms with Crippen LogP contribution in [-0.4, -0.2) is 92.8 Å². The number of hydrogen-bond acceptors (Lipinski definition) is 5. The molecule has 3 atom stereocenters. The van der Waals surface area contributed by atoms with Gasteiger partial charge in [-0.3, -0.25) is 19.2 Å². The molecule has 1 aromatic rings. The van der Waals surface area contributed by atoms with E-state index in [0.29, 0.717) is 57.4 Å². The minimum Gasteiger partial charge on any atom is -0.341 e. The predicted molar refractivity (Wildman–Crippen MR) is 185 cm³/mol. The molecule has 2 aliphatic carbocycles. The molecule has 3 fully saturated rings. The first-order chi connectivity index (χ1) is 23.2. The van der Waals surface area contributed by atoms with Crippen LogP contribution in [-0.2, 0) is 19.2 Å². The van der Waals surface area contributed by atoms with Crippen molar-refractivity contribution in [1.29, 1.82) is 0 Å². The number of piperazine rings is 1. The zero-order chi connectivity index (χ0) is 36.0. The van der Waals surface area contributed by atoms with E-state index in [0.717, 1.165) is 25.7 Å². The molecule has 1 aromatic carbocycles. The van der Waals surface area contributed by atoms with Crippen LogP contribution in [0.1, 0.15) is 103 Å². The summed E-state index contributed by atoms with van der Waals surface area (Å²) in [5.74, 6) is -9.19. The summed E-state index contributed by atoms with van der Waals surface area (Å²) >= 11 is 0. The van der Waals surface area contributed by atoms with E-state index in [1.807, 2.05) is 7.05 Å². The third-order valence-electron chi connectivity index (χ3n) is 11.3. The van der Waals surface area contributed by atoms with E-state index in [-0.39, 0.29) is 52.2 Å². The van der Waals surface area contributed by atoms with E-state index in [9.17, 15) is 19.2 Å². The zero-order valence-electron chi connectivity index (χ0n) is 29.7. The minimum absolute atomic E-state index is 0.155. The molecule has 49 heavy (non-hydrogen) atoms. The molecule has 0 bridgehead atoms. The van der Waals surface area contributed by atoms with Crippen LogP contribution in [0.15, 0.2) is 18.2 Å². The Bertz CT molecular complexity index is 1350. The Labute approximate surface area is 291 Å². The Morgan fingerprint density at radius 2 is 1.47 bits per heavy atom. The standard InChI is InChI=1S/C36H54F3N5O4Si/c1-6-30(45)41-34(3,33(48)44-21-19-43(4)20-22-44)24(2)25-17-18-29(28(37)23-25)40-32(47)36(49-5,27-15-11-8-12-16-27)42-31(46)35(38,39)26-13-9-7-10-14-26/h17-18,23-24,26-27H,6-16,19-22H2,1-5H3,(H,40,47)(H,41,45)(H,42,46)/t24-,34-,36-/m0/s1. The highest BCUT2D eigenvalue weighted by Crippen LogP contribution is 2.39. The Hall–Kier alpha value is -2.93. The first-order valence-electron chi connectivity index (χ1n) is 18.0. The van der Waals surface area contributed by atoms with E-state index < -0.39 is 46.1 Å². The Morgan fingerprint density at radius 1 is 0.898 bits per heavy atom. The number of nitrogens with one attached hydrogen (secondary N) is 3. The third-order valence-corrected chi connectivity index (χ3v) is 12.8. The van der Waals surface area contributed by atoms with Gasteiger partial charge in [0.25, 0.3) is 5.91 Å². The van der Waals surface area contributed by atoms with E-state index >= 15 is 13.2 Å². The molecule has 0 spiro atoms. The van der Waals surface area contributed by atoms with Crippen molar-refractivity contribution in [3.63, 3.8) is 0 Å². The van der Waals surface area contributed by atoms with Gasteiger partial charge in [-0.15, -0.1) is 0 Å². The quantitative estimate of drug-likeness (QED) is 0.256. The molecule has 3 N–H and O–H groups in total. The molecular weight excluding hydrogens is 652 g/mol. The van der Waals surface area contributed by atoms with E-state index in [1.165, 1.54) is 12.1 Å². The molecule has 1 aliphatic heterocycles. The second-order valence-electron chi connectivity index (χ2n) is 14.4. The summed E-state index contributed by atoms with van der Waals surface area (Å²) in [6.07, 6.45) is 6.57. The fraction of sp³-hybridized carbons (Fsp3) is 0.722. The number of anilines is 1. The van der Waals surface area contributed by atoms with Crippen molar-refractivity contribution in [2.24, 2.45) is 11.8 Å². The van der Waals surface area contributed by atoms with Crippen molar-refractivity contribution in [2.75, 3.05) is 38.5 Å². The molecule has 0 unspecified atom stereocenters. The fourth-order valence-electron chi connectivity index (χ4n) is 7.69. The highest BCUT2D eigenvalue weighted by atomic mass is 28.2. The maximum atomic E-state index is 15.9. The van der Waals surface area contributed by atoms with Crippen molar-refractivity contribution in [2.45, 2.75) is 120 Å². The maximum absolute atomic E-state index is 15.9. The van der Waals surface area contributed by atoms with Crippen molar-refractivity contribution in [3.8, 4) is 0 Å². The average Bonchev–Trinajstić information content (AvgIpc) is 3.11. The van der Waals surface area contributed by atoms with Crippen LogP contribution < -0.4 is 16.0 Å². The number of benzene rings is 1. The zero-order valence-corrected chi connectivity index (χ0v) is 30.7. The van der Waals surface area contributed by atoms with Crippen molar-refractivity contribution in [3.05, 3.63) is 29.6 Å². The first kappa shape index (κ1) is 38.9. The lowest BCUT2D eigenvalue weighted by Gasteiger charge is -2.43. The number of amides is 4. The molecule has 2 saturated carbocycles. The smallest absolute Gasteiger partial charge is 0.327 e. The summed E-state index contributed by atoms with van der Waals surface area (Å²) in [5, 5.41) is 6.47. The van der Waals surface area contributed by atoms with Gasteiger partial charge in [0.05, 0.1) is 15.2 Å².